The van der Waals surface area contributed by atoms with Crippen molar-refractivity contribution in [3.05, 3.63) is 36.4 Å². The van der Waals surface area contributed by atoms with Gasteiger partial charge < -0.3 is 5.32 Å². The normalized spacial score (nSPS) is 11.5. The van der Waals surface area contributed by atoms with Crippen LogP contribution in [-0.4, -0.2) is 41.5 Å². The first-order valence-corrected chi connectivity index (χ1v) is 9.54. The van der Waals surface area contributed by atoms with Gasteiger partial charge in [0.2, 0.25) is 5.95 Å². The first-order chi connectivity index (χ1) is 13.6. The second-order valence-electron chi connectivity index (χ2n) is 7.10. The molecule has 0 amide bonds. The fraction of sp³-hybridized carbons (Fsp3) is 0.350. The van der Waals surface area contributed by atoms with Crippen molar-refractivity contribution in [2.24, 2.45) is 0 Å². The van der Waals surface area contributed by atoms with E-state index in [4.69, 9.17) is 10.1 Å². The summed E-state index contributed by atoms with van der Waals surface area (Å²) in [5.41, 5.74) is 5.27. The smallest absolute Gasteiger partial charge is 0.223 e. The van der Waals surface area contributed by atoms with E-state index in [9.17, 15) is 0 Å². The van der Waals surface area contributed by atoms with Crippen molar-refractivity contribution in [2.75, 3.05) is 11.9 Å². The topological polar surface area (TPSA) is 97.2 Å². The molecule has 0 unspecified atom stereocenters. The average Bonchev–Trinajstić information content (AvgIpc) is 3.31. The number of fused-ring (bicyclic) bond motifs is 1. The van der Waals surface area contributed by atoms with E-state index in [2.05, 4.69) is 52.3 Å². The molecule has 0 radical (unpaired) electrons. The molecule has 0 aromatic carbocycles. The van der Waals surface area contributed by atoms with E-state index in [1.807, 2.05) is 30.1 Å². The fourth-order valence-corrected chi connectivity index (χ4v) is 3.04. The van der Waals surface area contributed by atoms with Crippen molar-refractivity contribution in [3.8, 4) is 22.5 Å². The molecule has 0 aliphatic rings. The maximum atomic E-state index is 4.83. The lowest BCUT2D eigenvalue weighted by atomic mass is 10.1. The van der Waals surface area contributed by atoms with Crippen LogP contribution in [0, 0.1) is 6.92 Å². The SMILES string of the molecule is CCCNc1nccc(-c2cn(C(C)C)nc2-c2cnc3n[nH]c(C)c3c2)n1. The lowest BCUT2D eigenvalue weighted by Crippen LogP contribution is -2.04. The summed E-state index contributed by atoms with van der Waals surface area (Å²) >= 11 is 0. The number of rotatable bonds is 6. The summed E-state index contributed by atoms with van der Waals surface area (Å²) in [7, 11) is 0. The Morgan fingerprint density at radius 2 is 2.11 bits per heavy atom. The first-order valence-electron chi connectivity index (χ1n) is 9.54. The van der Waals surface area contributed by atoms with E-state index in [1.54, 1.807) is 6.20 Å². The van der Waals surface area contributed by atoms with Gasteiger partial charge in [0, 0.05) is 53.4 Å². The second kappa shape index (κ2) is 7.38. The van der Waals surface area contributed by atoms with Crippen molar-refractivity contribution in [1.29, 1.82) is 0 Å². The number of anilines is 1. The number of aromatic nitrogens is 7. The maximum Gasteiger partial charge on any atom is 0.223 e. The number of H-pyrrole nitrogens is 1. The zero-order valence-electron chi connectivity index (χ0n) is 16.6. The molecule has 0 aliphatic heterocycles. The number of pyridine rings is 1. The maximum absolute atomic E-state index is 4.83. The summed E-state index contributed by atoms with van der Waals surface area (Å²) in [5, 5.41) is 16.3. The number of nitrogens with one attached hydrogen (secondary N) is 2. The summed E-state index contributed by atoms with van der Waals surface area (Å²) in [4.78, 5) is 13.5. The number of aromatic amines is 1. The molecule has 144 valence electrons. The van der Waals surface area contributed by atoms with Gasteiger partial charge in [-0.1, -0.05) is 6.92 Å². The molecule has 4 heterocycles. The number of hydrogen-bond donors (Lipinski definition) is 2. The molecule has 8 heteroatoms. The molecular formula is C20H24N8. The fourth-order valence-electron chi connectivity index (χ4n) is 3.04. The molecule has 4 rings (SSSR count). The lowest BCUT2D eigenvalue weighted by molar-refractivity contribution is 0.534. The van der Waals surface area contributed by atoms with Gasteiger partial charge in [-0.15, -0.1) is 0 Å². The number of hydrogen-bond acceptors (Lipinski definition) is 6. The molecule has 4 aromatic heterocycles. The van der Waals surface area contributed by atoms with Gasteiger partial charge in [0.1, 0.15) is 5.69 Å². The summed E-state index contributed by atoms with van der Waals surface area (Å²) < 4.78 is 1.96. The lowest BCUT2D eigenvalue weighted by Gasteiger charge is -2.06. The Balaban J connectivity index is 1.84. The molecule has 4 aromatic rings. The Hall–Kier alpha value is -3.29. The van der Waals surface area contributed by atoms with Crippen molar-refractivity contribution in [1.82, 2.24) is 34.9 Å². The van der Waals surface area contributed by atoms with Crippen LogP contribution in [0.1, 0.15) is 38.9 Å². The third-order valence-electron chi connectivity index (χ3n) is 4.60. The summed E-state index contributed by atoms with van der Waals surface area (Å²) in [6.45, 7) is 9.15. The van der Waals surface area contributed by atoms with Crippen LogP contribution in [0.3, 0.4) is 0 Å². The molecule has 28 heavy (non-hydrogen) atoms. The van der Waals surface area contributed by atoms with Crippen LogP contribution in [-0.2, 0) is 0 Å². The minimum atomic E-state index is 0.236. The average molecular weight is 376 g/mol. The summed E-state index contributed by atoms with van der Waals surface area (Å²) in [6.07, 6.45) is 6.65. The van der Waals surface area contributed by atoms with Gasteiger partial charge in [-0.2, -0.15) is 10.2 Å². The van der Waals surface area contributed by atoms with Gasteiger partial charge in [-0.25, -0.2) is 15.0 Å². The van der Waals surface area contributed by atoms with Crippen LogP contribution in [0.5, 0.6) is 0 Å². The van der Waals surface area contributed by atoms with Crippen LogP contribution in [0.25, 0.3) is 33.5 Å². The monoisotopic (exact) mass is 376 g/mol. The molecule has 0 atom stereocenters. The highest BCUT2D eigenvalue weighted by Crippen LogP contribution is 2.32. The van der Waals surface area contributed by atoms with Crippen molar-refractivity contribution in [2.45, 2.75) is 40.2 Å². The Morgan fingerprint density at radius 3 is 2.89 bits per heavy atom. The highest BCUT2D eigenvalue weighted by atomic mass is 15.3. The highest BCUT2D eigenvalue weighted by molar-refractivity contribution is 5.86. The third-order valence-corrected chi connectivity index (χ3v) is 4.60. The minimum Gasteiger partial charge on any atom is -0.354 e. The summed E-state index contributed by atoms with van der Waals surface area (Å²) in [5.74, 6) is 0.627. The van der Waals surface area contributed by atoms with Gasteiger partial charge in [-0.3, -0.25) is 9.78 Å². The van der Waals surface area contributed by atoms with Crippen molar-refractivity contribution >= 4 is 17.0 Å². The molecule has 0 bridgehead atoms. The Labute approximate surface area is 163 Å². The zero-order valence-corrected chi connectivity index (χ0v) is 16.6. The predicted molar refractivity (Wildman–Crippen MR) is 110 cm³/mol. The van der Waals surface area contributed by atoms with E-state index in [0.29, 0.717) is 11.6 Å². The van der Waals surface area contributed by atoms with Crippen molar-refractivity contribution in [3.63, 3.8) is 0 Å². The largest absolute Gasteiger partial charge is 0.354 e. The van der Waals surface area contributed by atoms with Crippen LogP contribution >= 0.6 is 0 Å². The standard InChI is InChI=1S/C20H24N8/c1-5-7-21-20-22-8-6-17(24-20)16-11-28(12(2)3)27-18(16)14-9-15-13(4)25-26-19(15)23-10-14/h6,8-12H,5,7H2,1-4H3,(H,21,22,24)(H,23,25,26). The third kappa shape index (κ3) is 3.33. The van der Waals surface area contributed by atoms with E-state index >= 15 is 0 Å². The molecule has 0 spiro atoms. The molecule has 0 aliphatic carbocycles. The number of nitrogens with zero attached hydrogens (tertiary/aromatic N) is 6. The van der Waals surface area contributed by atoms with Crippen LogP contribution in [0.2, 0.25) is 0 Å². The minimum absolute atomic E-state index is 0.236. The quantitative estimate of drug-likeness (QED) is 0.528. The molecule has 0 fully saturated rings. The second-order valence-corrected chi connectivity index (χ2v) is 7.10. The molecule has 2 N–H and O–H groups in total. The molecule has 0 saturated carbocycles. The van der Waals surface area contributed by atoms with Crippen LogP contribution in [0.4, 0.5) is 5.95 Å². The van der Waals surface area contributed by atoms with Gasteiger partial charge in [-0.05, 0) is 39.3 Å². The number of aryl methyl sites for hydroxylation is 1. The molecule has 0 saturated heterocycles. The Kier molecular flexibility index (Phi) is 4.77. The molecular weight excluding hydrogens is 352 g/mol. The van der Waals surface area contributed by atoms with Crippen LogP contribution < -0.4 is 5.32 Å². The van der Waals surface area contributed by atoms with Crippen LogP contribution in [0.15, 0.2) is 30.7 Å². The summed E-state index contributed by atoms with van der Waals surface area (Å²) in [6, 6.07) is 4.23. The Bertz CT molecular complexity index is 1110. The molecule has 8 nitrogen and oxygen atoms in total. The van der Waals surface area contributed by atoms with E-state index < -0.39 is 0 Å². The van der Waals surface area contributed by atoms with E-state index in [0.717, 1.165) is 46.6 Å². The Morgan fingerprint density at radius 1 is 1.25 bits per heavy atom. The van der Waals surface area contributed by atoms with Gasteiger partial charge in [0.15, 0.2) is 5.65 Å². The van der Waals surface area contributed by atoms with Gasteiger partial charge in [0.25, 0.3) is 0 Å². The predicted octanol–water partition coefficient (Wildman–Crippen LogP) is 3.99. The first kappa shape index (κ1) is 18.1. The van der Waals surface area contributed by atoms with E-state index in [-0.39, 0.29) is 6.04 Å². The van der Waals surface area contributed by atoms with Gasteiger partial charge >= 0.3 is 0 Å². The highest BCUT2D eigenvalue weighted by Gasteiger charge is 2.17. The zero-order chi connectivity index (χ0) is 19.7. The van der Waals surface area contributed by atoms with E-state index in [1.165, 1.54) is 0 Å². The van der Waals surface area contributed by atoms with Gasteiger partial charge in [0.05, 0.1) is 5.69 Å². The van der Waals surface area contributed by atoms with Crippen molar-refractivity contribution < 1.29 is 0 Å².